The molecule has 2 aliphatic rings. The van der Waals surface area contributed by atoms with Crippen LogP contribution in [0, 0.1) is 11.8 Å². The fraction of sp³-hybridized carbons (Fsp3) is 0.471. The zero-order chi connectivity index (χ0) is 15.3. The third kappa shape index (κ3) is 2.36. The smallest absolute Gasteiger partial charge is 0.227 e. The minimum absolute atomic E-state index is 0.227. The van der Waals surface area contributed by atoms with Crippen molar-refractivity contribution in [1.29, 1.82) is 0 Å². The lowest BCUT2D eigenvalue weighted by molar-refractivity contribution is -0.129. The summed E-state index contributed by atoms with van der Waals surface area (Å²) < 4.78 is 1.04. The molecule has 0 spiro atoms. The summed E-state index contributed by atoms with van der Waals surface area (Å²) in [5.74, 6) is 1.37. The van der Waals surface area contributed by atoms with Crippen LogP contribution in [0.2, 0.25) is 0 Å². The molecule has 0 bridgehead atoms. The van der Waals surface area contributed by atoms with E-state index in [0.717, 1.165) is 40.4 Å². The van der Waals surface area contributed by atoms with Crippen LogP contribution in [0.25, 0.3) is 10.9 Å². The van der Waals surface area contributed by atoms with Crippen molar-refractivity contribution in [2.75, 3.05) is 13.1 Å². The number of hydrogen-bond acceptors (Lipinski definition) is 2. The summed E-state index contributed by atoms with van der Waals surface area (Å²) in [5.41, 5.74) is 8.30. The molecular weight excluding hydrogens is 342 g/mol. The van der Waals surface area contributed by atoms with E-state index in [-0.39, 0.29) is 11.9 Å². The molecule has 116 valence electrons. The van der Waals surface area contributed by atoms with Crippen molar-refractivity contribution in [3.8, 4) is 0 Å². The Morgan fingerprint density at radius 2 is 2.23 bits per heavy atom. The highest BCUT2D eigenvalue weighted by Gasteiger charge is 2.42. The number of likely N-dealkylation sites (tertiary alicyclic amines) is 1. The van der Waals surface area contributed by atoms with E-state index in [9.17, 15) is 4.79 Å². The molecule has 2 heterocycles. The Morgan fingerprint density at radius 3 is 3.05 bits per heavy atom. The third-order valence-corrected chi connectivity index (χ3v) is 5.83. The van der Waals surface area contributed by atoms with Crippen LogP contribution in [0.1, 0.15) is 18.4 Å². The first kappa shape index (κ1) is 14.3. The largest absolute Gasteiger partial charge is 0.361 e. The number of hydrogen-bond donors (Lipinski definition) is 2. The van der Waals surface area contributed by atoms with Gasteiger partial charge in [0.05, 0.1) is 6.42 Å². The van der Waals surface area contributed by atoms with Gasteiger partial charge in [0.2, 0.25) is 5.91 Å². The van der Waals surface area contributed by atoms with Gasteiger partial charge in [-0.05, 0) is 42.4 Å². The van der Waals surface area contributed by atoms with Crippen molar-refractivity contribution in [2.45, 2.75) is 25.3 Å². The van der Waals surface area contributed by atoms with Crippen LogP contribution < -0.4 is 5.73 Å². The maximum Gasteiger partial charge on any atom is 0.227 e. The predicted octanol–water partition coefficient (Wildman–Crippen LogP) is 2.67. The van der Waals surface area contributed by atoms with Crippen molar-refractivity contribution >= 4 is 32.7 Å². The van der Waals surface area contributed by atoms with E-state index in [4.69, 9.17) is 5.73 Å². The third-order valence-electron chi connectivity index (χ3n) is 5.34. The van der Waals surface area contributed by atoms with Crippen LogP contribution in [-0.2, 0) is 11.2 Å². The summed E-state index contributed by atoms with van der Waals surface area (Å²) in [6.45, 7) is 1.74. The SMILES string of the molecule is NC1CCC2CN(C(=O)Cc3c[nH]c4cc(Br)ccc34)CC12. The summed E-state index contributed by atoms with van der Waals surface area (Å²) in [7, 11) is 0. The number of benzene rings is 1. The Balaban J connectivity index is 1.50. The van der Waals surface area contributed by atoms with Gasteiger partial charge in [-0.3, -0.25) is 4.79 Å². The summed E-state index contributed by atoms with van der Waals surface area (Å²) in [6, 6.07) is 6.41. The normalized spacial score (nSPS) is 27.5. The monoisotopic (exact) mass is 361 g/mol. The van der Waals surface area contributed by atoms with Crippen LogP contribution in [0.15, 0.2) is 28.9 Å². The van der Waals surface area contributed by atoms with Crippen molar-refractivity contribution in [1.82, 2.24) is 9.88 Å². The molecule has 4 rings (SSSR count). The molecule has 1 saturated heterocycles. The van der Waals surface area contributed by atoms with E-state index in [0.29, 0.717) is 18.3 Å². The van der Waals surface area contributed by atoms with Crippen molar-refractivity contribution in [2.24, 2.45) is 17.6 Å². The minimum atomic E-state index is 0.227. The minimum Gasteiger partial charge on any atom is -0.361 e. The molecule has 0 radical (unpaired) electrons. The second kappa shape index (κ2) is 5.39. The number of fused-ring (bicyclic) bond motifs is 2. The van der Waals surface area contributed by atoms with Gasteiger partial charge < -0.3 is 15.6 Å². The van der Waals surface area contributed by atoms with Crippen LogP contribution >= 0.6 is 15.9 Å². The number of nitrogens with one attached hydrogen (secondary N) is 1. The van der Waals surface area contributed by atoms with E-state index < -0.39 is 0 Å². The molecule has 1 saturated carbocycles. The van der Waals surface area contributed by atoms with Crippen molar-refractivity contribution < 1.29 is 4.79 Å². The molecular formula is C17H20BrN3O. The Kier molecular flexibility index (Phi) is 3.50. The number of aromatic nitrogens is 1. The maximum atomic E-state index is 12.6. The molecule has 1 aromatic carbocycles. The molecule has 2 fully saturated rings. The van der Waals surface area contributed by atoms with E-state index >= 15 is 0 Å². The number of carbonyl (C=O) groups excluding carboxylic acids is 1. The lowest BCUT2D eigenvalue weighted by Crippen LogP contribution is -2.34. The summed E-state index contributed by atoms with van der Waals surface area (Å²) in [6.07, 6.45) is 4.72. The Hall–Kier alpha value is -1.33. The van der Waals surface area contributed by atoms with Gasteiger partial charge in [-0.25, -0.2) is 0 Å². The lowest BCUT2D eigenvalue weighted by Gasteiger charge is -2.18. The van der Waals surface area contributed by atoms with Gasteiger partial charge >= 0.3 is 0 Å². The number of halogens is 1. The lowest BCUT2D eigenvalue weighted by atomic mass is 9.98. The maximum absolute atomic E-state index is 12.6. The van der Waals surface area contributed by atoms with Crippen molar-refractivity contribution in [3.05, 3.63) is 34.4 Å². The highest BCUT2D eigenvalue weighted by Crippen LogP contribution is 2.37. The molecule has 3 N–H and O–H groups in total. The number of nitrogens with two attached hydrogens (primary N) is 1. The number of rotatable bonds is 2. The average Bonchev–Trinajstić information content (AvgIpc) is 3.16. The van der Waals surface area contributed by atoms with Crippen LogP contribution in [0.3, 0.4) is 0 Å². The van der Waals surface area contributed by atoms with Crippen LogP contribution in [-0.4, -0.2) is 34.9 Å². The van der Waals surface area contributed by atoms with E-state index in [1.807, 2.05) is 23.2 Å². The zero-order valence-electron chi connectivity index (χ0n) is 12.4. The first-order chi connectivity index (χ1) is 10.6. The average molecular weight is 362 g/mol. The van der Waals surface area contributed by atoms with E-state index in [1.54, 1.807) is 0 Å². The number of aromatic amines is 1. The Morgan fingerprint density at radius 1 is 1.36 bits per heavy atom. The van der Waals surface area contributed by atoms with Gasteiger partial charge in [0.15, 0.2) is 0 Å². The molecule has 1 aliphatic heterocycles. The van der Waals surface area contributed by atoms with Gasteiger partial charge in [-0.2, -0.15) is 0 Å². The van der Waals surface area contributed by atoms with Gasteiger partial charge in [0.1, 0.15) is 0 Å². The molecule has 3 atom stereocenters. The Bertz CT molecular complexity index is 726. The highest BCUT2D eigenvalue weighted by molar-refractivity contribution is 9.10. The van der Waals surface area contributed by atoms with Crippen LogP contribution in [0.5, 0.6) is 0 Å². The molecule has 4 nitrogen and oxygen atoms in total. The molecule has 1 amide bonds. The first-order valence-electron chi connectivity index (χ1n) is 7.90. The molecule has 1 aromatic heterocycles. The van der Waals surface area contributed by atoms with Gasteiger partial charge in [0.25, 0.3) is 0 Å². The van der Waals surface area contributed by atoms with Gasteiger partial charge in [0, 0.05) is 40.7 Å². The van der Waals surface area contributed by atoms with Gasteiger partial charge in [-0.1, -0.05) is 22.0 Å². The summed E-state index contributed by atoms with van der Waals surface area (Å²) >= 11 is 3.47. The van der Waals surface area contributed by atoms with Crippen molar-refractivity contribution in [3.63, 3.8) is 0 Å². The first-order valence-corrected chi connectivity index (χ1v) is 8.70. The highest BCUT2D eigenvalue weighted by atomic mass is 79.9. The second-order valence-electron chi connectivity index (χ2n) is 6.64. The fourth-order valence-corrected chi connectivity index (χ4v) is 4.45. The molecule has 22 heavy (non-hydrogen) atoms. The summed E-state index contributed by atoms with van der Waals surface area (Å²) in [4.78, 5) is 17.9. The topological polar surface area (TPSA) is 62.1 Å². The molecule has 5 heteroatoms. The molecule has 2 aromatic rings. The predicted molar refractivity (Wildman–Crippen MR) is 90.5 cm³/mol. The number of H-pyrrole nitrogens is 1. The van der Waals surface area contributed by atoms with E-state index in [2.05, 4.69) is 27.0 Å². The fourth-order valence-electron chi connectivity index (χ4n) is 4.09. The Labute approximate surface area is 138 Å². The number of amides is 1. The quantitative estimate of drug-likeness (QED) is 0.863. The zero-order valence-corrected chi connectivity index (χ0v) is 14.0. The van der Waals surface area contributed by atoms with Gasteiger partial charge in [-0.15, -0.1) is 0 Å². The number of carbonyl (C=O) groups is 1. The summed E-state index contributed by atoms with van der Waals surface area (Å²) in [5, 5.41) is 1.13. The van der Waals surface area contributed by atoms with E-state index in [1.165, 1.54) is 6.42 Å². The second-order valence-corrected chi connectivity index (χ2v) is 7.56. The van der Waals surface area contributed by atoms with Crippen LogP contribution in [0.4, 0.5) is 0 Å². The molecule has 3 unspecified atom stereocenters. The molecule has 1 aliphatic carbocycles. The standard InChI is InChI=1S/C17H20BrN3O/c18-12-2-3-13-11(7-20-16(13)6-12)5-17(22)21-8-10-1-4-15(19)14(10)9-21/h2-3,6-7,10,14-15,20H,1,4-5,8-9,19H2. The number of nitrogens with zero attached hydrogens (tertiary/aromatic N) is 1.